The molecule has 0 spiro atoms. The number of Topliss-reactive ketones (excluding diaryl/α,β-unsaturated/α-hetero) is 2. The van der Waals surface area contributed by atoms with Gasteiger partial charge in [0.25, 0.3) is 5.89 Å². The lowest BCUT2D eigenvalue weighted by Gasteiger charge is -2.31. The van der Waals surface area contributed by atoms with Crippen molar-refractivity contribution in [2.45, 2.75) is 62.9 Å². The summed E-state index contributed by atoms with van der Waals surface area (Å²) in [7, 11) is 1.79. The molecule has 0 saturated carbocycles. The number of likely N-dealkylation sites (N-methyl/N-ethyl adjacent to an activating group) is 1. The fourth-order valence-corrected chi connectivity index (χ4v) is 6.41. The molecule has 44 heavy (non-hydrogen) atoms. The maximum Gasteiger partial charge on any atom is 0.264 e. The van der Waals surface area contributed by atoms with Gasteiger partial charge in [0.2, 0.25) is 11.7 Å². The molecule has 8 heteroatoms. The van der Waals surface area contributed by atoms with Gasteiger partial charge in [0.1, 0.15) is 5.52 Å². The van der Waals surface area contributed by atoms with E-state index in [1.807, 2.05) is 60.7 Å². The van der Waals surface area contributed by atoms with Crippen molar-refractivity contribution in [1.29, 1.82) is 0 Å². The Bertz CT molecular complexity index is 1500. The summed E-state index contributed by atoms with van der Waals surface area (Å²) in [5.41, 5.74) is 9.08. The molecule has 0 radical (unpaired) electrons. The predicted molar refractivity (Wildman–Crippen MR) is 171 cm³/mol. The Morgan fingerprint density at radius 3 is 2.36 bits per heavy atom. The highest BCUT2D eigenvalue weighted by molar-refractivity contribution is 6.00. The van der Waals surface area contributed by atoms with Crippen LogP contribution < -0.4 is 11.1 Å². The number of unbranched alkanes of at least 4 members (excludes halogenated alkanes) is 1. The minimum absolute atomic E-state index is 0.00808. The average Bonchev–Trinajstić information content (AvgIpc) is 3.70. The smallest absolute Gasteiger partial charge is 0.264 e. The van der Waals surface area contributed by atoms with Gasteiger partial charge < -0.3 is 20.4 Å². The van der Waals surface area contributed by atoms with Crippen LogP contribution in [0, 0.1) is 5.92 Å². The lowest BCUT2D eigenvalue weighted by molar-refractivity contribution is -0.139. The first-order valence-corrected chi connectivity index (χ1v) is 15.7. The van der Waals surface area contributed by atoms with Gasteiger partial charge in [-0.2, -0.15) is 0 Å². The molecule has 3 N–H and O–H groups in total. The van der Waals surface area contributed by atoms with Gasteiger partial charge in [-0.25, -0.2) is 4.98 Å². The highest BCUT2D eigenvalue weighted by atomic mass is 16.4. The molecular formula is C36H42N4O4. The van der Waals surface area contributed by atoms with Gasteiger partial charge in [0, 0.05) is 24.8 Å². The van der Waals surface area contributed by atoms with E-state index in [1.165, 1.54) is 0 Å². The molecule has 0 bridgehead atoms. The first-order valence-electron chi connectivity index (χ1n) is 15.7. The highest BCUT2D eigenvalue weighted by Gasteiger charge is 2.44. The second-order valence-electron chi connectivity index (χ2n) is 11.7. The van der Waals surface area contributed by atoms with Crippen molar-refractivity contribution >= 4 is 28.6 Å². The molecule has 0 aliphatic carbocycles. The van der Waals surface area contributed by atoms with E-state index in [0.717, 1.165) is 24.0 Å². The third-order valence-electron chi connectivity index (χ3n) is 8.78. The lowest BCUT2D eigenvalue weighted by Crippen LogP contribution is -2.51. The van der Waals surface area contributed by atoms with Gasteiger partial charge >= 0.3 is 0 Å². The largest absolute Gasteiger partial charge is 0.434 e. The van der Waals surface area contributed by atoms with Crippen LogP contribution in [0.3, 0.4) is 0 Å². The number of carbonyl (C=O) groups is 3. The molecule has 1 fully saturated rings. The van der Waals surface area contributed by atoms with E-state index in [1.54, 1.807) is 24.1 Å². The number of oxazole rings is 1. The molecule has 5 rings (SSSR count). The number of para-hydroxylation sites is 2. The number of benzene rings is 3. The van der Waals surface area contributed by atoms with Gasteiger partial charge in [-0.1, -0.05) is 79.2 Å². The molecule has 2 heterocycles. The number of fused-ring (bicyclic) bond motifs is 1. The van der Waals surface area contributed by atoms with Gasteiger partial charge in [0.15, 0.2) is 11.4 Å². The summed E-state index contributed by atoms with van der Waals surface area (Å²) >= 11 is 0. The van der Waals surface area contributed by atoms with Crippen molar-refractivity contribution in [2.75, 3.05) is 20.1 Å². The van der Waals surface area contributed by atoms with Crippen LogP contribution in [0.1, 0.15) is 66.3 Å². The third kappa shape index (κ3) is 7.31. The van der Waals surface area contributed by atoms with Gasteiger partial charge in [0.05, 0.1) is 12.1 Å². The molecule has 1 aromatic heterocycles. The number of nitrogens with two attached hydrogens (primary N) is 1. The Kier molecular flexibility index (Phi) is 10.7. The van der Waals surface area contributed by atoms with Crippen LogP contribution >= 0.6 is 0 Å². The maximum atomic E-state index is 14.3. The summed E-state index contributed by atoms with van der Waals surface area (Å²) in [6.45, 7) is 0.988. The molecule has 4 atom stereocenters. The summed E-state index contributed by atoms with van der Waals surface area (Å²) in [4.78, 5) is 48.3. The van der Waals surface area contributed by atoms with Crippen LogP contribution in [0.15, 0.2) is 89.3 Å². The second-order valence-corrected chi connectivity index (χ2v) is 11.7. The summed E-state index contributed by atoms with van der Waals surface area (Å²) in [5, 5.41) is 3.20. The van der Waals surface area contributed by atoms with Crippen LogP contribution in [-0.2, 0) is 16.0 Å². The number of amides is 1. The fraction of sp³-hybridized carbons (Fsp3) is 0.389. The predicted octanol–water partition coefficient (Wildman–Crippen LogP) is 5.32. The molecule has 4 aromatic rings. The monoisotopic (exact) mass is 594 g/mol. The van der Waals surface area contributed by atoms with E-state index in [9.17, 15) is 14.4 Å². The molecule has 1 aliphatic heterocycles. The number of hydrogen-bond donors (Lipinski definition) is 2. The summed E-state index contributed by atoms with van der Waals surface area (Å²) < 4.78 is 5.81. The van der Waals surface area contributed by atoms with Crippen LogP contribution in [0.5, 0.6) is 0 Å². The summed E-state index contributed by atoms with van der Waals surface area (Å²) in [5.74, 6) is -1.21. The molecule has 1 aliphatic rings. The van der Waals surface area contributed by atoms with E-state index in [0.29, 0.717) is 49.9 Å². The molecule has 230 valence electrons. The highest BCUT2D eigenvalue weighted by Crippen LogP contribution is 2.36. The Hall–Kier alpha value is -4.14. The zero-order valence-electron chi connectivity index (χ0n) is 25.4. The number of nitrogens with one attached hydrogen (secondary N) is 1. The number of likely N-dealkylation sites (tertiary alicyclic amines) is 1. The quantitative estimate of drug-likeness (QED) is 0.141. The Morgan fingerprint density at radius 2 is 1.66 bits per heavy atom. The van der Waals surface area contributed by atoms with Crippen molar-refractivity contribution in [2.24, 2.45) is 11.7 Å². The number of aromatic nitrogens is 1. The molecule has 0 unspecified atom stereocenters. The van der Waals surface area contributed by atoms with Crippen LogP contribution in [0.4, 0.5) is 0 Å². The molecule has 8 nitrogen and oxygen atoms in total. The van der Waals surface area contributed by atoms with Crippen molar-refractivity contribution < 1.29 is 18.8 Å². The lowest BCUT2D eigenvalue weighted by atomic mass is 9.84. The van der Waals surface area contributed by atoms with Gasteiger partial charge in [-0.15, -0.1) is 0 Å². The number of aryl methyl sites for hydroxylation is 1. The van der Waals surface area contributed by atoms with E-state index in [4.69, 9.17) is 10.2 Å². The molecule has 1 saturated heterocycles. The number of nitrogens with zero attached hydrogens (tertiary/aromatic N) is 2. The summed E-state index contributed by atoms with van der Waals surface area (Å²) in [6, 6.07) is 26.2. The van der Waals surface area contributed by atoms with E-state index in [-0.39, 0.29) is 35.7 Å². The van der Waals surface area contributed by atoms with E-state index >= 15 is 0 Å². The first-order chi connectivity index (χ1) is 21.5. The zero-order valence-corrected chi connectivity index (χ0v) is 25.4. The number of ketones is 2. The standard InChI is InChI=1S/C36H42N4O4/c1-38-30(20-19-25-12-4-2-5-13-25)36(43)40-23-21-28(26-14-6-3-7-15-26)33(40)31(41)24-27(16-10-11-22-37)34(42)35-39-29-17-8-9-18-32(29)44-35/h2-9,12-15,17-18,27-28,30,33,38H,10-11,16,19-24,37H2,1H3/t27-,28-,30-,33+/m1/s1. The topological polar surface area (TPSA) is 119 Å². The Balaban J connectivity index is 1.39. The first kappa shape index (κ1) is 31.3. The van der Waals surface area contributed by atoms with E-state index in [2.05, 4.69) is 22.4 Å². The van der Waals surface area contributed by atoms with Crippen LogP contribution in [-0.4, -0.2) is 59.6 Å². The molecule has 3 aromatic carbocycles. The normalized spacial score (nSPS) is 17.9. The minimum Gasteiger partial charge on any atom is -0.434 e. The Labute approximate surface area is 259 Å². The molecular weight excluding hydrogens is 552 g/mol. The number of carbonyl (C=O) groups excluding carboxylic acids is 3. The van der Waals surface area contributed by atoms with Crippen molar-refractivity contribution in [3.8, 4) is 0 Å². The Morgan fingerprint density at radius 1 is 0.955 bits per heavy atom. The van der Waals surface area contributed by atoms with E-state index < -0.39 is 18.0 Å². The maximum absolute atomic E-state index is 14.3. The van der Waals surface area contributed by atoms with Gasteiger partial charge in [-0.05, 0) is 69.0 Å². The fourth-order valence-electron chi connectivity index (χ4n) is 6.41. The SMILES string of the molecule is CN[C@H](CCc1ccccc1)C(=O)N1CC[C@H](c2ccccc2)[C@H]1C(=O)C[C@@H](CCCCN)C(=O)c1nc2ccccc2o1. The van der Waals surface area contributed by atoms with Crippen molar-refractivity contribution in [1.82, 2.24) is 15.2 Å². The number of hydrogen-bond acceptors (Lipinski definition) is 7. The van der Waals surface area contributed by atoms with Crippen molar-refractivity contribution in [3.63, 3.8) is 0 Å². The zero-order chi connectivity index (χ0) is 30.9. The minimum atomic E-state index is -0.661. The van der Waals surface area contributed by atoms with Crippen molar-refractivity contribution in [3.05, 3.63) is 102 Å². The van der Waals surface area contributed by atoms with Crippen LogP contribution in [0.25, 0.3) is 11.1 Å². The molecule has 1 amide bonds. The van der Waals surface area contributed by atoms with Gasteiger partial charge in [-0.3, -0.25) is 14.4 Å². The second kappa shape index (κ2) is 15.0. The number of rotatable bonds is 15. The average molecular weight is 595 g/mol. The van der Waals surface area contributed by atoms with Crippen LogP contribution in [0.2, 0.25) is 0 Å². The third-order valence-corrected chi connectivity index (χ3v) is 8.78. The summed E-state index contributed by atoms with van der Waals surface area (Å²) in [6.07, 6.45) is 3.99.